The van der Waals surface area contributed by atoms with Crippen molar-refractivity contribution < 1.29 is 18.0 Å². The van der Waals surface area contributed by atoms with Gasteiger partial charge in [-0.05, 0) is 74.3 Å². The average molecular weight is 624 g/mol. The number of amides is 1. The Morgan fingerprint density at radius 2 is 1.86 bits per heavy atom. The minimum Gasteiger partial charge on any atom is -0.367 e. The van der Waals surface area contributed by atoms with Gasteiger partial charge in [-0.15, -0.1) is 11.3 Å². The van der Waals surface area contributed by atoms with Gasteiger partial charge in [0.25, 0.3) is 0 Å². The summed E-state index contributed by atoms with van der Waals surface area (Å²) in [5.74, 6) is 1.16. The number of carbonyl (C=O) groups is 1. The predicted octanol–water partition coefficient (Wildman–Crippen LogP) is 6.27. The summed E-state index contributed by atoms with van der Waals surface area (Å²) in [6, 6.07) is 10.5. The van der Waals surface area contributed by atoms with Crippen LogP contribution in [0.25, 0.3) is 21.1 Å². The molecule has 2 aliphatic heterocycles. The van der Waals surface area contributed by atoms with Crippen molar-refractivity contribution in [2.45, 2.75) is 70.8 Å². The second-order valence-corrected chi connectivity index (χ2v) is 13.2. The highest BCUT2D eigenvalue weighted by molar-refractivity contribution is 7.18. The van der Waals surface area contributed by atoms with Gasteiger partial charge in [0.15, 0.2) is 0 Å². The molecule has 5 heterocycles. The van der Waals surface area contributed by atoms with E-state index in [4.69, 9.17) is 0 Å². The number of fused-ring (bicyclic) bond motifs is 2. The number of halogens is 3. The molecular weight excluding hydrogens is 587 g/mol. The van der Waals surface area contributed by atoms with Gasteiger partial charge >= 0.3 is 6.18 Å². The van der Waals surface area contributed by atoms with E-state index in [0.717, 1.165) is 100 Å². The van der Waals surface area contributed by atoms with Crippen LogP contribution in [-0.4, -0.2) is 69.1 Å². The fraction of sp³-hybridized carbons (Fsp3) is 0.500. The lowest BCUT2D eigenvalue weighted by atomic mass is 9.94. The quantitative estimate of drug-likeness (QED) is 0.221. The third kappa shape index (κ3) is 6.69. The van der Waals surface area contributed by atoms with Crippen molar-refractivity contribution in [3.05, 3.63) is 52.3 Å². The van der Waals surface area contributed by atoms with Gasteiger partial charge in [0, 0.05) is 61.1 Å². The number of nitrogens with one attached hydrogen (secondary N) is 1. The predicted molar refractivity (Wildman–Crippen MR) is 165 cm³/mol. The zero-order valence-electron chi connectivity index (χ0n) is 24.7. The first-order valence-electron chi connectivity index (χ1n) is 15.2. The highest BCUT2D eigenvalue weighted by Gasteiger charge is 2.29. The maximum Gasteiger partial charge on any atom is 0.393 e. The molecule has 2 fully saturated rings. The number of thiophene rings is 1. The van der Waals surface area contributed by atoms with Crippen molar-refractivity contribution in [3.63, 3.8) is 0 Å². The number of alkyl halides is 3. The van der Waals surface area contributed by atoms with E-state index in [1.807, 2.05) is 11.0 Å². The number of nitrogens with zero attached hydrogens (tertiary/aromatic N) is 6. The first kappa shape index (κ1) is 30.3. The number of aryl methyl sites for hydroxylation is 2. The van der Waals surface area contributed by atoms with Gasteiger partial charge in [-0.1, -0.05) is 6.07 Å². The summed E-state index contributed by atoms with van der Waals surface area (Å²) in [7, 11) is 0. The molecular formula is C32H36F3N7OS. The van der Waals surface area contributed by atoms with E-state index < -0.39 is 12.6 Å². The van der Waals surface area contributed by atoms with Crippen LogP contribution in [0.15, 0.2) is 30.6 Å². The fourth-order valence-corrected chi connectivity index (χ4v) is 7.69. The van der Waals surface area contributed by atoms with Crippen molar-refractivity contribution in [1.82, 2.24) is 24.3 Å². The SMILES string of the molecule is Cc1c(CN2CCC(Nc3ncnc4sc(CC(F)(F)F)cc34)CC2)ccc2c1cc(C#N)n2CCC1CCN(C=O)CC1. The number of carbonyl (C=O) groups excluding carboxylic acids is 1. The molecule has 1 amide bonds. The Morgan fingerprint density at radius 3 is 2.57 bits per heavy atom. The van der Waals surface area contributed by atoms with Crippen LogP contribution in [-0.2, 0) is 24.3 Å². The molecule has 0 atom stereocenters. The van der Waals surface area contributed by atoms with E-state index in [-0.39, 0.29) is 10.9 Å². The summed E-state index contributed by atoms with van der Waals surface area (Å²) in [4.78, 5) is 24.6. The van der Waals surface area contributed by atoms with Crippen LogP contribution in [0.4, 0.5) is 19.0 Å². The second-order valence-electron chi connectivity index (χ2n) is 12.1. The van der Waals surface area contributed by atoms with E-state index in [1.54, 1.807) is 6.07 Å². The lowest BCUT2D eigenvalue weighted by Gasteiger charge is -2.33. The standard InChI is InChI=1S/C32H36F3N7OS/c1-21-23(2-3-29-27(21)14-25(17-36)42(29)13-6-22-4-9-41(20-43)10-5-22)18-40-11-7-24(8-12-40)39-30-28-15-26(16-32(33,34)35)44-31(28)38-19-37-30/h2-3,14-15,19-20,22,24H,4-13,16,18H2,1H3,(H,37,38,39). The first-order valence-corrected chi connectivity index (χ1v) is 16.0. The molecule has 0 spiro atoms. The summed E-state index contributed by atoms with van der Waals surface area (Å²) >= 11 is 1.07. The van der Waals surface area contributed by atoms with Gasteiger partial charge in [0.1, 0.15) is 28.7 Å². The maximum absolute atomic E-state index is 12.9. The summed E-state index contributed by atoms with van der Waals surface area (Å²) < 4.78 is 40.9. The van der Waals surface area contributed by atoms with Gasteiger partial charge in [-0.2, -0.15) is 18.4 Å². The van der Waals surface area contributed by atoms with E-state index in [0.29, 0.717) is 27.6 Å². The molecule has 8 nitrogen and oxygen atoms in total. The lowest BCUT2D eigenvalue weighted by Crippen LogP contribution is -2.39. The van der Waals surface area contributed by atoms with Crippen molar-refractivity contribution in [1.29, 1.82) is 5.26 Å². The normalized spacial score (nSPS) is 17.4. The Balaban J connectivity index is 1.07. The molecule has 0 unspecified atom stereocenters. The third-order valence-corrected chi connectivity index (χ3v) is 10.3. The van der Waals surface area contributed by atoms with Crippen molar-refractivity contribution in [2.75, 3.05) is 31.5 Å². The minimum absolute atomic E-state index is 0.178. The molecule has 0 aliphatic carbocycles. The second kappa shape index (κ2) is 12.7. The van der Waals surface area contributed by atoms with Crippen LogP contribution in [0, 0.1) is 24.2 Å². The van der Waals surface area contributed by atoms with Gasteiger partial charge in [0.2, 0.25) is 6.41 Å². The van der Waals surface area contributed by atoms with Crippen LogP contribution in [0.5, 0.6) is 0 Å². The van der Waals surface area contributed by atoms with Crippen molar-refractivity contribution >= 4 is 44.7 Å². The molecule has 1 N–H and O–H groups in total. The number of likely N-dealkylation sites (tertiary alicyclic amines) is 2. The monoisotopic (exact) mass is 623 g/mol. The van der Waals surface area contributed by atoms with Crippen LogP contribution in [0.2, 0.25) is 0 Å². The molecule has 0 saturated carbocycles. The van der Waals surface area contributed by atoms with E-state index in [2.05, 4.69) is 49.9 Å². The fourth-order valence-electron chi connectivity index (χ4n) is 6.66. The maximum atomic E-state index is 12.9. The number of hydrogen-bond acceptors (Lipinski definition) is 7. The summed E-state index contributed by atoms with van der Waals surface area (Å²) in [5, 5.41) is 15.1. The highest BCUT2D eigenvalue weighted by Crippen LogP contribution is 2.34. The molecule has 2 aliphatic rings. The van der Waals surface area contributed by atoms with E-state index in [9.17, 15) is 23.2 Å². The molecule has 4 aromatic rings. The zero-order valence-corrected chi connectivity index (χ0v) is 25.6. The molecule has 0 bridgehead atoms. The number of piperidine rings is 2. The summed E-state index contributed by atoms with van der Waals surface area (Å²) in [6.45, 7) is 7.16. The Bertz CT molecular complexity index is 1680. The first-order chi connectivity index (χ1) is 21.2. The molecule has 12 heteroatoms. The molecule has 0 radical (unpaired) electrons. The minimum atomic E-state index is -4.25. The Morgan fingerprint density at radius 1 is 1.09 bits per heavy atom. The largest absolute Gasteiger partial charge is 0.393 e. The Hall–Kier alpha value is -3.69. The summed E-state index contributed by atoms with van der Waals surface area (Å²) in [5.41, 5.74) is 4.24. The number of hydrogen-bond donors (Lipinski definition) is 1. The van der Waals surface area contributed by atoms with E-state index >= 15 is 0 Å². The highest BCUT2D eigenvalue weighted by atomic mass is 32.1. The Labute approximate surface area is 258 Å². The topological polar surface area (TPSA) is 90.1 Å². The number of nitriles is 1. The average Bonchev–Trinajstić information content (AvgIpc) is 3.59. The molecule has 2 saturated heterocycles. The number of benzene rings is 1. The van der Waals surface area contributed by atoms with Crippen molar-refractivity contribution in [3.8, 4) is 6.07 Å². The number of anilines is 1. The van der Waals surface area contributed by atoms with Crippen LogP contribution in [0.3, 0.4) is 0 Å². The van der Waals surface area contributed by atoms with Crippen molar-refractivity contribution in [2.24, 2.45) is 5.92 Å². The van der Waals surface area contributed by atoms with Crippen LogP contribution < -0.4 is 5.32 Å². The van der Waals surface area contributed by atoms with Gasteiger partial charge in [0.05, 0.1) is 11.8 Å². The van der Waals surface area contributed by atoms with Crippen LogP contribution in [0.1, 0.15) is 53.8 Å². The zero-order chi connectivity index (χ0) is 30.8. The van der Waals surface area contributed by atoms with Crippen LogP contribution >= 0.6 is 11.3 Å². The third-order valence-electron chi connectivity index (χ3n) is 9.22. The van der Waals surface area contributed by atoms with Gasteiger partial charge in [-0.25, -0.2) is 9.97 Å². The molecule has 1 aromatic carbocycles. The van der Waals surface area contributed by atoms with Gasteiger partial charge < -0.3 is 14.8 Å². The number of rotatable bonds is 9. The molecule has 232 valence electrons. The Kier molecular flexibility index (Phi) is 8.78. The molecule has 44 heavy (non-hydrogen) atoms. The smallest absolute Gasteiger partial charge is 0.367 e. The molecule has 6 rings (SSSR count). The number of aromatic nitrogens is 3. The summed E-state index contributed by atoms with van der Waals surface area (Å²) in [6.07, 6.45) is 1.95. The molecule has 3 aromatic heterocycles. The van der Waals surface area contributed by atoms with Gasteiger partial charge in [-0.3, -0.25) is 9.69 Å². The lowest BCUT2D eigenvalue weighted by molar-refractivity contribution is -0.126. The van der Waals surface area contributed by atoms with E-state index in [1.165, 1.54) is 17.5 Å².